The minimum absolute atomic E-state index is 0.00770. The Kier molecular flexibility index (Phi) is 5.67. The summed E-state index contributed by atoms with van der Waals surface area (Å²) in [4.78, 5) is 38.4. The van der Waals surface area contributed by atoms with Gasteiger partial charge in [0, 0.05) is 20.0 Å². The van der Waals surface area contributed by atoms with E-state index in [0.717, 1.165) is 5.69 Å². The molecular formula is C20H23FN4O4. The summed E-state index contributed by atoms with van der Waals surface area (Å²) in [7, 11) is 1.76. The van der Waals surface area contributed by atoms with E-state index in [-0.39, 0.29) is 24.6 Å². The third-order valence-electron chi connectivity index (χ3n) is 5.02. The molecule has 1 fully saturated rings. The fourth-order valence-corrected chi connectivity index (χ4v) is 3.27. The number of amides is 2. The molecular weight excluding hydrogens is 379 g/mol. The van der Waals surface area contributed by atoms with Gasteiger partial charge in [0.15, 0.2) is 6.10 Å². The molecule has 1 aliphatic rings. The van der Waals surface area contributed by atoms with Crippen molar-refractivity contribution < 1.29 is 23.5 Å². The molecule has 2 heterocycles. The van der Waals surface area contributed by atoms with Crippen molar-refractivity contribution in [2.24, 2.45) is 13.0 Å². The van der Waals surface area contributed by atoms with Gasteiger partial charge < -0.3 is 15.0 Å². The van der Waals surface area contributed by atoms with Gasteiger partial charge in [-0.1, -0.05) is 12.1 Å². The van der Waals surface area contributed by atoms with Crippen molar-refractivity contribution in [1.29, 1.82) is 0 Å². The van der Waals surface area contributed by atoms with E-state index in [2.05, 4.69) is 10.4 Å². The average molecular weight is 402 g/mol. The minimum Gasteiger partial charge on any atom is -0.452 e. The number of carbonyl (C=O) groups excluding carboxylic acids is 3. The van der Waals surface area contributed by atoms with Crippen LogP contribution < -0.4 is 10.2 Å². The highest BCUT2D eigenvalue weighted by molar-refractivity contribution is 6.00. The van der Waals surface area contributed by atoms with Crippen LogP contribution in [0.15, 0.2) is 24.3 Å². The highest BCUT2D eigenvalue weighted by Gasteiger charge is 2.38. The minimum atomic E-state index is -1.06. The number of aryl methyl sites for hydroxylation is 2. The van der Waals surface area contributed by atoms with Gasteiger partial charge in [0.25, 0.3) is 5.91 Å². The predicted molar refractivity (Wildman–Crippen MR) is 104 cm³/mol. The Morgan fingerprint density at radius 1 is 1.31 bits per heavy atom. The number of benzene rings is 1. The second kappa shape index (κ2) is 8.02. The number of para-hydroxylation sites is 1. The number of anilines is 2. The first-order chi connectivity index (χ1) is 13.7. The van der Waals surface area contributed by atoms with Crippen LogP contribution in [0.1, 0.15) is 24.7 Å². The van der Waals surface area contributed by atoms with Crippen molar-refractivity contribution >= 4 is 29.2 Å². The number of nitrogens with one attached hydrogen (secondary N) is 1. The van der Waals surface area contributed by atoms with Gasteiger partial charge in [-0.05, 0) is 32.9 Å². The Hall–Kier alpha value is -3.23. The lowest BCUT2D eigenvalue weighted by Crippen LogP contribution is -2.33. The zero-order chi connectivity index (χ0) is 21.3. The Balaban J connectivity index is 1.62. The van der Waals surface area contributed by atoms with Gasteiger partial charge in [0.05, 0.1) is 28.7 Å². The molecule has 0 bridgehead atoms. The summed E-state index contributed by atoms with van der Waals surface area (Å²) in [5, 5.41) is 6.94. The molecule has 2 aromatic rings. The third-order valence-corrected chi connectivity index (χ3v) is 5.02. The van der Waals surface area contributed by atoms with Crippen LogP contribution in [0, 0.1) is 25.6 Å². The lowest BCUT2D eigenvalue weighted by Gasteiger charge is -2.18. The van der Waals surface area contributed by atoms with Gasteiger partial charge in [-0.2, -0.15) is 5.10 Å². The normalized spacial score (nSPS) is 17.3. The van der Waals surface area contributed by atoms with Crippen molar-refractivity contribution in [3.63, 3.8) is 0 Å². The van der Waals surface area contributed by atoms with E-state index in [1.54, 1.807) is 24.7 Å². The summed E-state index contributed by atoms with van der Waals surface area (Å²) in [5.74, 6) is -2.83. The van der Waals surface area contributed by atoms with E-state index in [1.807, 2.05) is 6.92 Å². The summed E-state index contributed by atoms with van der Waals surface area (Å²) in [6.45, 7) is 5.04. The zero-order valence-electron chi connectivity index (χ0n) is 16.7. The maximum atomic E-state index is 14.0. The molecule has 9 heteroatoms. The van der Waals surface area contributed by atoms with E-state index in [1.165, 1.54) is 30.0 Å². The van der Waals surface area contributed by atoms with Crippen LogP contribution in [-0.2, 0) is 26.2 Å². The topological polar surface area (TPSA) is 93.5 Å². The fourth-order valence-electron chi connectivity index (χ4n) is 3.27. The molecule has 29 heavy (non-hydrogen) atoms. The Bertz CT molecular complexity index is 971. The van der Waals surface area contributed by atoms with Crippen molar-refractivity contribution in [1.82, 2.24) is 9.78 Å². The fraction of sp³-hybridized carbons (Fsp3) is 0.400. The van der Waals surface area contributed by atoms with Crippen LogP contribution in [0.25, 0.3) is 0 Å². The maximum absolute atomic E-state index is 14.0. The van der Waals surface area contributed by atoms with Gasteiger partial charge in [-0.25, -0.2) is 4.39 Å². The van der Waals surface area contributed by atoms with Crippen LogP contribution in [0.3, 0.4) is 0 Å². The van der Waals surface area contributed by atoms with Gasteiger partial charge in [0.1, 0.15) is 5.82 Å². The first-order valence-electron chi connectivity index (χ1n) is 9.25. The molecule has 0 radical (unpaired) electrons. The van der Waals surface area contributed by atoms with Crippen LogP contribution in [0.4, 0.5) is 15.8 Å². The highest BCUT2D eigenvalue weighted by Crippen LogP contribution is 2.28. The number of rotatable bonds is 5. The molecule has 1 saturated heterocycles. The largest absolute Gasteiger partial charge is 0.452 e. The number of carbonyl (C=O) groups is 3. The van der Waals surface area contributed by atoms with Crippen LogP contribution in [0.5, 0.6) is 0 Å². The second-order valence-electron chi connectivity index (χ2n) is 7.09. The standard InChI is InChI=1S/C20H23FN4O4/c1-11-18(12(2)24(4)23-11)22-19(27)13(3)29-20(28)14-9-17(26)25(10-14)16-8-6-5-7-15(16)21/h5-8,13-14H,9-10H2,1-4H3,(H,22,27)/t13-,14+/m0/s1. The van der Waals surface area contributed by atoms with Crippen molar-refractivity contribution in [3.05, 3.63) is 41.5 Å². The first-order valence-corrected chi connectivity index (χ1v) is 9.25. The number of aromatic nitrogens is 2. The lowest BCUT2D eigenvalue weighted by molar-refractivity contribution is -0.157. The summed E-state index contributed by atoms with van der Waals surface area (Å²) >= 11 is 0. The van der Waals surface area contributed by atoms with E-state index in [9.17, 15) is 18.8 Å². The molecule has 154 valence electrons. The summed E-state index contributed by atoms with van der Waals surface area (Å²) < 4.78 is 20.9. The molecule has 1 aliphatic heterocycles. The Morgan fingerprint density at radius 2 is 2.00 bits per heavy atom. The molecule has 1 N–H and O–H groups in total. The number of hydrogen-bond donors (Lipinski definition) is 1. The molecule has 0 spiro atoms. The lowest BCUT2D eigenvalue weighted by atomic mass is 10.1. The molecule has 3 rings (SSSR count). The average Bonchev–Trinajstić information content (AvgIpc) is 3.17. The summed E-state index contributed by atoms with van der Waals surface area (Å²) in [6, 6.07) is 5.88. The Morgan fingerprint density at radius 3 is 2.62 bits per heavy atom. The van der Waals surface area contributed by atoms with E-state index >= 15 is 0 Å². The molecule has 2 atom stereocenters. The quantitative estimate of drug-likeness (QED) is 0.773. The molecule has 0 saturated carbocycles. The van der Waals surface area contributed by atoms with Crippen molar-refractivity contribution in [2.75, 3.05) is 16.8 Å². The maximum Gasteiger partial charge on any atom is 0.312 e. The van der Waals surface area contributed by atoms with E-state index < -0.39 is 29.7 Å². The number of hydrogen-bond acceptors (Lipinski definition) is 5. The molecule has 8 nitrogen and oxygen atoms in total. The van der Waals surface area contributed by atoms with E-state index in [4.69, 9.17) is 4.74 Å². The monoisotopic (exact) mass is 402 g/mol. The zero-order valence-corrected chi connectivity index (χ0v) is 16.7. The smallest absolute Gasteiger partial charge is 0.312 e. The van der Waals surface area contributed by atoms with Crippen molar-refractivity contribution in [3.8, 4) is 0 Å². The first kappa shape index (κ1) is 20.5. The SMILES string of the molecule is Cc1nn(C)c(C)c1NC(=O)[C@H](C)OC(=O)[C@@H]1CC(=O)N(c2ccccc2F)C1. The molecule has 0 unspecified atom stereocenters. The molecule has 0 aliphatic carbocycles. The molecule has 1 aromatic heterocycles. The number of nitrogens with zero attached hydrogens (tertiary/aromatic N) is 3. The summed E-state index contributed by atoms with van der Waals surface area (Å²) in [6.07, 6.45) is -1.15. The number of esters is 1. The third kappa shape index (κ3) is 4.13. The Labute approximate surface area is 167 Å². The number of halogens is 1. The van der Waals surface area contributed by atoms with Gasteiger partial charge in [-0.3, -0.25) is 19.1 Å². The van der Waals surface area contributed by atoms with E-state index in [0.29, 0.717) is 11.4 Å². The van der Waals surface area contributed by atoms with Crippen molar-refractivity contribution in [2.45, 2.75) is 33.3 Å². The van der Waals surface area contributed by atoms with Gasteiger partial charge in [-0.15, -0.1) is 0 Å². The predicted octanol–water partition coefficient (Wildman–Crippen LogP) is 2.10. The van der Waals surface area contributed by atoms with Crippen LogP contribution in [-0.4, -0.2) is 40.2 Å². The second-order valence-corrected chi connectivity index (χ2v) is 7.09. The molecule has 2 amide bonds. The molecule has 1 aromatic carbocycles. The van der Waals surface area contributed by atoms with Crippen LogP contribution in [0.2, 0.25) is 0 Å². The number of ether oxygens (including phenoxy) is 1. The van der Waals surface area contributed by atoms with Crippen LogP contribution >= 0.6 is 0 Å². The summed E-state index contributed by atoms with van der Waals surface area (Å²) in [5.41, 5.74) is 2.12. The van der Waals surface area contributed by atoms with Gasteiger partial charge >= 0.3 is 5.97 Å². The van der Waals surface area contributed by atoms with Gasteiger partial charge in [0.2, 0.25) is 5.91 Å². The highest BCUT2D eigenvalue weighted by atomic mass is 19.1.